The summed E-state index contributed by atoms with van der Waals surface area (Å²) in [5, 5.41) is 0. The molecule has 0 amide bonds. The van der Waals surface area contributed by atoms with E-state index in [9.17, 15) is 18.0 Å². The summed E-state index contributed by atoms with van der Waals surface area (Å²) in [4.78, 5) is 25.7. The Labute approximate surface area is 202 Å². The molecule has 1 heterocycles. The van der Waals surface area contributed by atoms with Crippen LogP contribution in [-0.4, -0.2) is 47.7 Å². The molecule has 33 heavy (non-hydrogen) atoms. The molecule has 10 heteroatoms. The number of halogens is 1. The number of rotatable bonds is 8. The summed E-state index contributed by atoms with van der Waals surface area (Å²) in [5.41, 5.74) is -0.656. The molecule has 0 saturated heterocycles. The number of benzene rings is 2. The first-order valence-electron chi connectivity index (χ1n) is 10.3. The van der Waals surface area contributed by atoms with Gasteiger partial charge in [-0.25, -0.2) is 8.42 Å². The summed E-state index contributed by atoms with van der Waals surface area (Å²) in [6.45, 7) is 3.20. The van der Waals surface area contributed by atoms with Crippen LogP contribution in [0.15, 0.2) is 51.8 Å². The van der Waals surface area contributed by atoms with Crippen LogP contribution in [0.25, 0.3) is 0 Å². The highest BCUT2D eigenvalue weighted by atomic mass is 79.9. The molecule has 2 atom stereocenters. The maximum atomic E-state index is 13.6. The smallest absolute Gasteiger partial charge is 0.318 e. The third kappa shape index (κ3) is 4.59. The van der Waals surface area contributed by atoms with Crippen LogP contribution in [0, 0.1) is 5.92 Å². The van der Waals surface area contributed by atoms with Crippen LogP contribution in [0.5, 0.6) is 5.75 Å². The van der Waals surface area contributed by atoms with E-state index in [2.05, 4.69) is 15.9 Å². The Morgan fingerprint density at radius 2 is 1.82 bits per heavy atom. The molecule has 3 rings (SSSR count). The number of sulfonamides is 1. The fourth-order valence-corrected chi connectivity index (χ4v) is 5.92. The molecule has 0 N–H and O–H groups in total. The van der Waals surface area contributed by atoms with Gasteiger partial charge in [-0.1, -0.05) is 22.9 Å². The number of esters is 2. The highest BCUT2D eigenvalue weighted by Gasteiger charge is 2.54. The second kappa shape index (κ2) is 9.72. The molecule has 1 aliphatic rings. The number of anilines is 1. The first-order valence-corrected chi connectivity index (χ1v) is 12.6. The van der Waals surface area contributed by atoms with E-state index in [4.69, 9.17) is 14.2 Å². The Hall–Kier alpha value is -2.59. The lowest BCUT2D eigenvalue weighted by Crippen LogP contribution is -2.45. The summed E-state index contributed by atoms with van der Waals surface area (Å²) in [6, 6.07) is 11.1. The largest absolute Gasteiger partial charge is 0.497 e. The van der Waals surface area contributed by atoms with Crippen molar-refractivity contribution in [3.63, 3.8) is 0 Å². The zero-order valence-corrected chi connectivity index (χ0v) is 21.2. The molecule has 2 aromatic rings. The van der Waals surface area contributed by atoms with Crippen molar-refractivity contribution in [1.29, 1.82) is 0 Å². The molecule has 0 radical (unpaired) electrons. The van der Waals surface area contributed by atoms with Gasteiger partial charge in [-0.3, -0.25) is 13.9 Å². The van der Waals surface area contributed by atoms with Gasteiger partial charge in [0.1, 0.15) is 11.2 Å². The molecular weight excluding hydrogens is 514 g/mol. The van der Waals surface area contributed by atoms with Gasteiger partial charge in [0.2, 0.25) is 0 Å². The Bertz CT molecular complexity index is 1150. The van der Waals surface area contributed by atoms with Crippen molar-refractivity contribution < 1.29 is 32.2 Å². The average molecular weight is 540 g/mol. The minimum absolute atomic E-state index is 0.00499. The first-order chi connectivity index (χ1) is 15.6. The van der Waals surface area contributed by atoms with E-state index in [0.29, 0.717) is 17.0 Å². The number of methoxy groups -OCH3 is 2. The third-order valence-corrected chi connectivity index (χ3v) is 8.03. The molecule has 178 valence electrons. The van der Waals surface area contributed by atoms with Crippen LogP contribution < -0.4 is 9.04 Å². The topological polar surface area (TPSA) is 99.2 Å². The molecule has 2 aromatic carbocycles. The van der Waals surface area contributed by atoms with E-state index in [1.807, 2.05) is 0 Å². The quantitative estimate of drug-likeness (QED) is 0.472. The summed E-state index contributed by atoms with van der Waals surface area (Å²) in [7, 11) is -1.27. The SMILES string of the molecule is CCOC(=O)C1(CC(C)C(=O)OC)CN(S(=O)(=O)c2ccc(Br)cc2)c2ccc(OC)cc21. The van der Waals surface area contributed by atoms with Crippen LogP contribution in [0.4, 0.5) is 5.69 Å². The van der Waals surface area contributed by atoms with Gasteiger partial charge in [0.05, 0.1) is 43.9 Å². The van der Waals surface area contributed by atoms with Gasteiger partial charge in [0.15, 0.2) is 0 Å². The minimum Gasteiger partial charge on any atom is -0.497 e. The van der Waals surface area contributed by atoms with Gasteiger partial charge < -0.3 is 14.2 Å². The highest BCUT2D eigenvalue weighted by molar-refractivity contribution is 9.10. The van der Waals surface area contributed by atoms with Crippen LogP contribution in [0.3, 0.4) is 0 Å². The lowest BCUT2D eigenvalue weighted by Gasteiger charge is -2.30. The number of hydrogen-bond donors (Lipinski definition) is 0. The van der Waals surface area contributed by atoms with E-state index >= 15 is 0 Å². The van der Waals surface area contributed by atoms with Crippen LogP contribution in [0.1, 0.15) is 25.8 Å². The molecule has 2 unspecified atom stereocenters. The van der Waals surface area contributed by atoms with Crippen molar-refractivity contribution in [3.05, 3.63) is 52.5 Å². The zero-order valence-electron chi connectivity index (χ0n) is 18.8. The minimum atomic E-state index is -4.02. The molecular formula is C23H26BrNO7S. The molecule has 0 bridgehead atoms. The van der Waals surface area contributed by atoms with E-state index < -0.39 is 33.3 Å². The summed E-state index contributed by atoms with van der Waals surface area (Å²) in [5.74, 6) is -1.34. The molecule has 0 aliphatic carbocycles. The van der Waals surface area contributed by atoms with Gasteiger partial charge >= 0.3 is 11.9 Å². The standard InChI is InChI=1S/C23H26BrNO7S/c1-5-32-22(27)23(13-15(2)21(26)31-4)14-25(20-11-8-17(30-3)12-19(20)23)33(28,29)18-9-6-16(24)7-10-18/h6-12,15H,5,13-14H2,1-4H3. The summed E-state index contributed by atoms with van der Waals surface area (Å²) >= 11 is 3.31. The van der Waals surface area contributed by atoms with Gasteiger partial charge in [-0.2, -0.15) is 0 Å². The lowest BCUT2D eigenvalue weighted by molar-refractivity contribution is -0.152. The number of carbonyl (C=O) groups is 2. The monoisotopic (exact) mass is 539 g/mol. The number of nitrogens with zero attached hydrogens (tertiary/aromatic N) is 1. The number of hydrogen-bond acceptors (Lipinski definition) is 7. The maximum absolute atomic E-state index is 13.6. The van der Waals surface area contributed by atoms with Gasteiger partial charge in [0, 0.05) is 4.47 Å². The predicted molar refractivity (Wildman–Crippen MR) is 126 cm³/mol. The predicted octanol–water partition coefficient (Wildman–Crippen LogP) is 3.67. The number of carbonyl (C=O) groups excluding carboxylic acids is 2. The Morgan fingerprint density at radius 1 is 1.15 bits per heavy atom. The van der Waals surface area contributed by atoms with E-state index in [-0.39, 0.29) is 24.5 Å². The fourth-order valence-electron chi connectivity index (χ4n) is 4.12. The normalized spacial score (nSPS) is 18.4. The maximum Gasteiger partial charge on any atom is 0.318 e. The van der Waals surface area contributed by atoms with Crippen molar-refractivity contribution in [1.82, 2.24) is 0 Å². The summed E-state index contributed by atoms with van der Waals surface area (Å²) < 4.78 is 44.8. The van der Waals surface area contributed by atoms with Crippen LogP contribution in [0.2, 0.25) is 0 Å². The van der Waals surface area contributed by atoms with Crippen molar-refractivity contribution in [2.45, 2.75) is 30.6 Å². The van der Waals surface area contributed by atoms with Crippen molar-refractivity contribution >= 4 is 43.6 Å². The second-order valence-electron chi connectivity index (χ2n) is 7.78. The van der Waals surface area contributed by atoms with Crippen LogP contribution >= 0.6 is 15.9 Å². The highest BCUT2D eigenvalue weighted by Crippen LogP contribution is 2.49. The van der Waals surface area contributed by atoms with Gasteiger partial charge in [-0.05, 0) is 61.4 Å². The van der Waals surface area contributed by atoms with Crippen molar-refractivity contribution in [2.75, 3.05) is 31.7 Å². The third-order valence-electron chi connectivity index (χ3n) is 5.73. The van der Waals surface area contributed by atoms with Gasteiger partial charge in [0.25, 0.3) is 10.0 Å². The van der Waals surface area contributed by atoms with E-state index in [1.165, 1.54) is 30.7 Å². The molecule has 0 aromatic heterocycles. The number of ether oxygens (including phenoxy) is 3. The van der Waals surface area contributed by atoms with Crippen LogP contribution in [-0.2, 0) is 34.5 Å². The Balaban J connectivity index is 2.21. The molecule has 0 spiro atoms. The van der Waals surface area contributed by atoms with Gasteiger partial charge in [-0.15, -0.1) is 0 Å². The number of fused-ring (bicyclic) bond motifs is 1. The van der Waals surface area contributed by atoms with E-state index in [0.717, 1.165) is 4.47 Å². The molecule has 1 aliphatic heterocycles. The van der Waals surface area contributed by atoms with E-state index in [1.54, 1.807) is 44.2 Å². The Morgan fingerprint density at radius 3 is 2.39 bits per heavy atom. The van der Waals surface area contributed by atoms with Crippen molar-refractivity contribution in [2.24, 2.45) is 5.92 Å². The fraction of sp³-hybridized carbons (Fsp3) is 0.391. The first kappa shape index (κ1) is 25.0. The lowest BCUT2D eigenvalue weighted by atomic mass is 9.75. The Kier molecular flexibility index (Phi) is 7.38. The molecule has 8 nitrogen and oxygen atoms in total. The second-order valence-corrected chi connectivity index (χ2v) is 10.6. The average Bonchev–Trinajstić information content (AvgIpc) is 3.14. The zero-order chi connectivity index (χ0) is 24.4. The molecule has 0 saturated carbocycles. The van der Waals surface area contributed by atoms with Crippen molar-refractivity contribution in [3.8, 4) is 5.75 Å². The molecule has 0 fully saturated rings. The summed E-state index contributed by atoms with van der Waals surface area (Å²) in [6.07, 6.45) is 0.00499.